The molecule has 158 valence electrons. The quantitative estimate of drug-likeness (QED) is 0.801. The first-order valence-corrected chi connectivity index (χ1v) is 10.9. The molecule has 0 aromatic heterocycles. The second-order valence-electron chi connectivity index (χ2n) is 9.53. The topological polar surface area (TPSA) is 69.9 Å². The Morgan fingerprint density at radius 1 is 1.14 bits per heavy atom. The Balaban J connectivity index is 1.59. The minimum absolute atomic E-state index is 0.00515. The van der Waals surface area contributed by atoms with Crippen LogP contribution in [0.4, 0.5) is 4.79 Å². The van der Waals surface area contributed by atoms with E-state index in [-0.39, 0.29) is 23.7 Å². The van der Waals surface area contributed by atoms with E-state index >= 15 is 0 Å². The van der Waals surface area contributed by atoms with Gasteiger partial charge in [-0.15, -0.1) is 0 Å². The van der Waals surface area contributed by atoms with Crippen molar-refractivity contribution in [3.8, 4) is 0 Å². The molecular weight excluding hydrogens is 364 g/mol. The van der Waals surface area contributed by atoms with Gasteiger partial charge < -0.3 is 15.5 Å². The Kier molecular flexibility index (Phi) is 5.32. The van der Waals surface area contributed by atoms with Gasteiger partial charge in [-0.2, -0.15) is 0 Å². The van der Waals surface area contributed by atoms with Crippen molar-refractivity contribution in [1.29, 1.82) is 0 Å². The van der Waals surface area contributed by atoms with Gasteiger partial charge in [0.05, 0.1) is 5.54 Å². The number of benzene rings is 1. The van der Waals surface area contributed by atoms with Crippen molar-refractivity contribution in [2.24, 2.45) is 11.7 Å². The predicted molar refractivity (Wildman–Crippen MR) is 113 cm³/mol. The minimum Gasteiger partial charge on any atom is -0.368 e. The molecule has 1 aromatic carbocycles. The Bertz CT molecular complexity index is 751. The summed E-state index contributed by atoms with van der Waals surface area (Å²) in [6.45, 7) is 1.48. The highest BCUT2D eigenvalue weighted by Gasteiger charge is 2.55. The molecule has 0 bridgehead atoms. The van der Waals surface area contributed by atoms with Crippen molar-refractivity contribution in [1.82, 2.24) is 14.7 Å². The molecule has 4 rings (SSSR count). The molecule has 1 saturated heterocycles. The molecular formula is C23H34N4O2. The van der Waals surface area contributed by atoms with Crippen molar-refractivity contribution in [3.63, 3.8) is 0 Å². The summed E-state index contributed by atoms with van der Waals surface area (Å²) in [6, 6.07) is 10.7. The van der Waals surface area contributed by atoms with E-state index in [4.69, 9.17) is 5.73 Å². The zero-order chi connectivity index (χ0) is 20.6. The molecule has 2 aliphatic carbocycles. The standard InChI is InChI=1S/C23H34N4O2/c1-25(2)23(19-9-4-3-5-10-19)13-11-22(12-14-23)17-26(16-20(24)28)21(29)27(22)15-18-7-6-8-18/h3-5,9-10,18H,6-8,11-17H2,1-2H3,(H2,24,28)/t22-,23-. The number of urea groups is 1. The smallest absolute Gasteiger partial charge is 0.321 e. The number of hydrogen-bond donors (Lipinski definition) is 1. The molecule has 1 spiro atoms. The second kappa shape index (κ2) is 7.63. The normalized spacial score (nSPS) is 30.2. The van der Waals surface area contributed by atoms with Crippen molar-refractivity contribution in [2.75, 3.05) is 33.7 Å². The van der Waals surface area contributed by atoms with Crippen LogP contribution in [0.15, 0.2) is 30.3 Å². The largest absolute Gasteiger partial charge is 0.368 e. The molecule has 6 heteroatoms. The van der Waals surface area contributed by atoms with Gasteiger partial charge in [0.25, 0.3) is 0 Å². The van der Waals surface area contributed by atoms with Gasteiger partial charge >= 0.3 is 6.03 Å². The van der Waals surface area contributed by atoms with Crippen LogP contribution in [0.1, 0.15) is 50.5 Å². The monoisotopic (exact) mass is 398 g/mol. The first kappa shape index (κ1) is 20.2. The Morgan fingerprint density at radius 3 is 2.31 bits per heavy atom. The van der Waals surface area contributed by atoms with E-state index in [1.54, 1.807) is 4.90 Å². The van der Waals surface area contributed by atoms with Crippen LogP contribution in [0.3, 0.4) is 0 Å². The lowest BCUT2D eigenvalue weighted by atomic mass is 9.68. The number of primary amides is 1. The molecule has 1 aromatic rings. The number of rotatable bonds is 6. The highest BCUT2D eigenvalue weighted by Crippen LogP contribution is 2.49. The molecule has 2 saturated carbocycles. The molecule has 0 unspecified atom stereocenters. The average molecular weight is 399 g/mol. The highest BCUT2D eigenvalue weighted by atomic mass is 16.2. The predicted octanol–water partition coefficient (Wildman–Crippen LogP) is 2.78. The summed E-state index contributed by atoms with van der Waals surface area (Å²) in [4.78, 5) is 30.9. The fraction of sp³-hybridized carbons (Fsp3) is 0.652. The fourth-order valence-corrected chi connectivity index (χ4v) is 5.70. The van der Waals surface area contributed by atoms with Gasteiger partial charge in [-0.3, -0.25) is 9.69 Å². The average Bonchev–Trinajstić information content (AvgIpc) is 2.90. The minimum atomic E-state index is -0.429. The van der Waals surface area contributed by atoms with Gasteiger partial charge in [-0.25, -0.2) is 4.79 Å². The number of carbonyl (C=O) groups is 2. The molecule has 6 nitrogen and oxygen atoms in total. The SMILES string of the molecule is CN(C)[C@]1(c2ccccc2)CC[C@@]2(CC1)CN(CC(N)=O)C(=O)N2CC1CCC1. The van der Waals surface area contributed by atoms with Gasteiger partial charge in [-0.1, -0.05) is 36.8 Å². The van der Waals surface area contributed by atoms with Crippen LogP contribution in [0.5, 0.6) is 0 Å². The van der Waals surface area contributed by atoms with Gasteiger partial charge in [0.15, 0.2) is 0 Å². The van der Waals surface area contributed by atoms with Crippen LogP contribution in [0.2, 0.25) is 0 Å². The summed E-state index contributed by atoms with van der Waals surface area (Å²) in [6.07, 6.45) is 7.60. The maximum Gasteiger partial charge on any atom is 0.321 e. The van der Waals surface area contributed by atoms with Crippen molar-refractivity contribution in [2.45, 2.75) is 56.0 Å². The third-order valence-corrected chi connectivity index (χ3v) is 7.75. The lowest BCUT2D eigenvalue weighted by molar-refractivity contribution is -0.118. The number of nitrogens with zero attached hydrogens (tertiary/aromatic N) is 3. The third-order valence-electron chi connectivity index (χ3n) is 7.75. The van der Waals surface area contributed by atoms with Crippen molar-refractivity contribution < 1.29 is 9.59 Å². The zero-order valence-corrected chi connectivity index (χ0v) is 17.8. The maximum absolute atomic E-state index is 13.2. The molecule has 0 radical (unpaired) electrons. The third kappa shape index (κ3) is 3.52. The summed E-state index contributed by atoms with van der Waals surface area (Å²) < 4.78 is 0. The molecule has 2 N–H and O–H groups in total. The summed E-state index contributed by atoms with van der Waals surface area (Å²) in [7, 11) is 4.33. The van der Waals surface area contributed by atoms with E-state index < -0.39 is 5.91 Å². The van der Waals surface area contributed by atoms with E-state index in [1.165, 1.54) is 24.8 Å². The first-order chi connectivity index (χ1) is 13.9. The van der Waals surface area contributed by atoms with Gasteiger partial charge in [0.1, 0.15) is 6.54 Å². The summed E-state index contributed by atoms with van der Waals surface area (Å²) in [5.74, 6) is 0.181. The molecule has 3 aliphatic rings. The van der Waals surface area contributed by atoms with E-state index in [1.807, 2.05) is 0 Å². The van der Waals surface area contributed by atoms with Gasteiger partial charge in [0, 0.05) is 18.6 Å². The molecule has 1 aliphatic heterocycles. The van der Waals surface area contributed by atoms with Crippen molar-refractivity contribution >= 4 is 11.9 Å². The molecule has 29 heavy (non-hydrogen) atoms. The Morgan fingerprint density at radius 2 is 1.79 bits per heavy atom. The number of hydrogen-bond acceptors (Lipinski definition) is 3. The van der Waals surface area contributed by atoms with Gasteiger partial charge in [0.2, 0.25) is 5.91 Å². The molecule has 1 heterocycles. The van der Waals surface area contributed by atoms with Crippen LogP contribution in [-0.4, -0.2) is 65.9 Å². The van der Waals surface area contributed by atoms with Crippen LogP contribution in [0, 0.1) is 5.92 Å². The van der Waals surface area contributed by atoms with Crippen LogP contribution >= 0.6 is 0 Å². The van der Waals surface area contributed by atoms with Crippen LogP contribution < -0.4 is 5.73 Å². The molecule has 3 fully saturated rings. The maximum atomic E-state index is 13.2. The van der Waals surface area contributed by atoms with Crippen LogP contribution in [-0.2, 0) is 10.3 Å². The fourth-order valence-electron chi connectivity index (χ4n) is 5.70. The first-order valence-electron chi connectivity index (χ1n) is 10.9. The summed E-state index contributed by atoms with van der Waals surface area (Å²) in [5, 5.41) is 0. The number of carbonyl (C=O) groups excluding carboxylic acids is 2. The molecule has 0 atom stereocenters. The Hall–Kier alpha value is -2.08. The van der Waals surface area contributed by atoms with E-state index in [9.17, 15) is 9.59 Å². The zero-order valence-electron chi connectivity index (χ0n) is 17.8. The number of nitrogens with two attached hydrogens (primary N) is 1. The van der Waals surface area contributed by atoms with Crippen molar-refractivity contribution in [3.05, 3.63) is 35.9 Å². The second-order valence-corrected chi connectivity index (χ2v) is 9.53. The molecule has 3 amide bonds. The lowest BCUT2D eigenvalue weighted by Crippen LogP contribution is -2.56. The summed E-state index contributed by atoms with van der Waals surface area (Å²) >= 11 is 0. The van der Waals surface area contributed by atoms with Crippen LogP contribution in [0.25, 0.3) is 0 Å². The lowest BCUT2D eigenvalue weighted by Gasteiger charge is -2.51. The number of amides is 3. The summed E-state index contributed by atoms with van der Waals surface area (Å²) in [5.41, 5.74) is 6.61. The Labute approximate surface area is 174 Å². The van der Waals surface area contributed by atoms with Gasteiger partial charge in [-0.05, 0) is 64.1 Å². The van der Waals surface area contributed by atoms with E-state index in [2.05, 4.69) is 54.2 Å². The highest BCUT2D eigenvalue weighted by molar-refractivity contribution is 5.85. The van der Waals surface area contributed by atoms with E-state index in [0.29, 0.717) is 12.5 Å². The van der Waals surface area contributed by atoms with E-state index in [0.717, 1.165) is 32.2 Å².